The summed E-state index contributed by atoms with van der Waals surface area (Å²) in [5, 5.41) is 11.8. The Labute approximate surface area is 120 Å². The van der Waals surface area contributed by atoms with Crippen LogP contribution in [0.25, 0.3) is 0 Å². The molecule has 2 N–H and O–H groups in total. The Morgan fingerprint density at radius 3 is 2.65 bits per heavy atom. The van der Waals surface area contributed by atoms with Crippen molar-refractivity contribution in [1.29, 1.82) is 0 Å². The van der Waals surface area contributed by atoms with E-state index < -0.39 is 5.97 Å². The predicted molar refractivity (Wildman–Crippen MR) is 76.5 cm³/mol. The number of carboxylic acid groups (broad SMARTS) is 1. The molecule has 3 atom stereocenters. The molecule has 5 nitrogen and oxygen atoms in total. The van der Waals surface area contributed by atoms with E-state index in [1.54, 1.807) is 0 Å². The number of carboxylic acids is 1. The Hall–Kier alpha value is -1.26. The minimum Gasteiger partial charge on any atom is -0.481 e. The first-order valence-corrected chi connectivity index (χ1v) is 7.90. The predicted octanol–water partition coefficient (Wildman–Crippen LogP) is 2.60. The normalized spacial score (nSPS) is 27.6. The number of fused-ring (bicyclic) bond motifs is 1. The van der Waals surface area contributed by atoms with Gasteiger partial charge < -0.3 is 15.3 Å². The lowest BCUT2D eigenvalue weighted by molar-refractivity contribution is -0.137. The van der Waals surface area contributed by atoms with E-state index >= 15 is 0 Å². The zero-order valence-electron chi connectivity index (χ0n) is 12.3. The van der Waals surface area contributed by atoms with Gasteiger partial charge in [0.1, 0.15) is 0 Å². The molecule has 1 heterocycles. The van der Waals surface area contributed by atoms with Crippen molar-refractivity contribution in [3.05, 3.63) is 0 Å². The molecule has 2 fully saturated rings. The van der Waals surface area contributed by atoms with Crippen LogP contribution >= 0.6 is 0 Å². The summed E-state index contributed by atoms with van der Waals surface area (Å²) in [6.45, 7) is 2.73. The smallest absolute Gasteiger partial charge is 0.317 e. The second-order valence-electron chi connectivity index (χ2n) is 6.10. The molecular weight excluding hydrogens is 256 g/mol. The molecule has 114 valence electrons. The third-order valence-corrected chi connectivity index (χ3v) is 4.75. The summed E-state index contributed by atoms with van der Waals surface area (Å²) in [6.07, 6.45) is 7.80. The monoisotopic (exact) mass is 282 g/mol. The Bertz CT molecular complexity index is 357. The van der Waals surface area contributed by atoms with Gasteiger partial charge in [0.2, 0.25) is 0 Å². The summed E-state index contributed by atoms with van der Waals surface area (Å²) >= 11 is 0. The number of likely N-dealkylation sites (tertiary alicyclic amines) is 1. The summed E-state index contributed by atoms with van der Waals surface area (Å²) in [4.78, 5) is 25.2. The molecule has 2 aliphatic rings. The lowest BCUT2D eigenvalue weighted by Crippen LogP contribution is -2.55. The first-order valence-electron chi connectivity index (χ1n) is 7.90. The van der Waals surface area contributed by atoms with Gasteiger partial charge in [0, 0.05) is 18.6 Å². The number of carbonyl (C=O) groups is 2. The molecule has 2 amide bonds. The van der Waals surface area contributed by atoms with Crippen LogP contribution in [-0.4, -0.2) is 40.6 Å². The van der Waals surface area contributed by atoms with E-state index in [-0.39, 0.29) is 18.5 Å². The molecule has 1 unspecified atom stereocenters. The van der Waals surface area contributed by atoms with Crippen LogP contribution in [0.1, 0.15) is 58.3 Å². The molecule has 0 aromatic heterocycles. The van der Waals surface area contributed by atoms with E-state index in [0.29, 0.717) is 18.4 Å². The fraction of sp³-hybridized carbons (Fsp3) is 0.867. The Morgan fingerprint density at radius 1 is 1.25 bits per heavy atom. The van der Waals surface area contributed by atoms with Crippen LogP contribution in [0.5, 0.6) is 0 Å². The van der Waals surface area contributed by atoms with Crippen molar-refractivity contribution in [1.82, 2.24) is 10.2 Å². The topological polar surface area (TPSA) is 69.6 Å². The van der Waals surface area contributed by atoms with Crippen molar-refractivity contribution >= 4 is 12.0 Å². The minimum absolute atomic E-state index is 0.00414. The van der Waals surface area contributed by atoms with Gasteiger partial charge in [0.25, 0.3) is 0 Å². The average molecular weight is 282 g/mol. The standard InChI is InChI=1S/C15H26N2O3/c1-2-12(10-14(18)19)16-15(20)17-9-5-7-11-6-3-4-8-13(11)17/h11-13H,2-10H2,1H3,(H,16,20)(H,18,19)/t11-,12?,13-/m1/s1. The molecule has 0 spiro atoms. The molecule has 5 heteroatoms. The fourth-order valence-electron chi connectivity index (χ4n) is 3.64. The number of amides is 2. The highest BCUT2D eigenvalue weighted by atomic mass is 16.4. The van der Waals surface area contributed by atoms with Crippen molar-refractivity contribution in [2.75, 3.05) is 6.54 Å². The van der Waals surface area contributed by atoms with E-state index in [4.69, 9.17) is 5.11 Å². The number of hydrogen-bond acceptors (Lipinski definition) is 2. The first kappa shape index (κ1) is 15.1. The van der Waals surface area contributed by atoms with Crippen molar-refractivity contribution in [3.63, 3.8) is 0 Å². The molecule has 1 saturated heterocycles. The Balaban J connectivity index is 1.94. The number of nitrogens with zero attached hydrogens (tertiary/aromatic N) is 1. The number of piperidine rings is 1. The molecule has 1 saturated carbocycles. The highest BCUT2D eigenvalue weighted by molar-refractivity contribution is 5.76. The maximum Gasteiger partial charge on any atom is 0.317 e. The van der Waals surface area contributed by atoms with Crippen LogP contribution in [-0.2, 0) is 4.79 Å². The Morgan fingerprint density at radius 2 is 1.95 bits per heavy atom. The molecule has 0 bridgehead atoms. The van der Waals surface area contributed by atoms with Crippen LogP contribution in [0, 0.1) is 5.92 Å². The SMILES string of the molecule is CCC(CC(=O)O)NC(=O)N1CCC[C@H]2CCCC[C@H]21. The largest absolute Gasteiger partial charge is 0.481 e. The van der Waals surface area contributed by atoms with Gasteiger partial charge in [-0.05, 0) is 38.0 Å². The second kappa shape index (κ2) is 6.95. The zero-order chi connectivity index (χ0) is 14.5. The molecule has 1 aliphatic carbocycles. The highest BCUT2D eigenvalue weighted by Crippen LogP contribution is 2.35. The quantitative estimate of drug-likeness (QED) is 0.832. The van der Waals surface area contributed by atoms with Gasteiger partial charge in [-0.1, -0.05) is 19.8 Å². The molecule has 0 radical (unpaired) electrons. The average Bonchev–Trinajstić information content (AvgIpc) is 2.45. The molecule has 0 aromatic carbocycles. The fourth-order valence-corrected chi connectivity index (χ4v) is 3.64. The number of aliphatic carboxylic acids is 1. The van der Waals surface area contributed by atoms with E-state index in [2.05, 4.69) is 5.32 Å². The van der Waals surface area contributed by atoms with Crippen molar-refractivity contribution in [2.45, 2.75) is 70.4 Å². The van der Waals surface area contributed by atoms with Crippen LogP contribution in [0.4, 0.5) is 4.79 Å². The third-order valence-electron chi connectivity index (χ3n) is 4.75. The van der Waals surface area contributed by atoms with Crippen LogP contribution in [0.15, 0.2) is 0 Å². The summed E-state index contributed by atoms with van der Waals surface area (Å²) in [5.41, 5.74) is 0. The summed E-state index contributed by atoms with van der Waals surface area (Å²) in [6, 6.07) is 0.0542. The molecule has 1 aliphatic heterocycles. The van der Waals surface area contributed by atoms with E-state index in [1.165, 1.54) is 25.7 Å². The summed E-state index contributed by atoms with van der Waals surface area (Å²) in [7, 11) is 0. The number of nitrogens with one attached hydrogen (secondary N) is 1. The maximum atomic E-state index is 12.4. The lowest BCUT2D eigenvalue weighted by atomic mass is 9.78. The van der Waals surface area contributed by atoms with Gasteiger partial charge in [-0.3, -0.25) is 4.79 Å². The van der Waals surface area contributed by atoms with E-state index in [0.717, 1.165) is 19.4 Å². The lowest BCUT2D eigenvalue weighted by Gasteiger charge is -2.44. The molecule has 20 heavy (non-hydrogen) atoms. The van der Waals surface area contributed by atoms with Gasteiger partial charge in [-0.25, -0.2) is 4.79 Å². The van der Waals surface area contributed by atoms with Gasteiger partial charge in [-0.2, -0.15) is 0 Å². The summed E-state index contributed by atoms with van der Waals surface area (Å²) in [5.74, 6) is -0.200. The van der Waals surface area contributed by atoms with Crippen LogP contribution in [0.3, 0.4) is 0 Å². The van der Waals surface area contributed by atoms with E-state index in [1.807, 2.05) is 11.8 Å². The van der Waals surface area contributed by atoms with Crippen molar-refractivity contribution < 1.29 is 14.7 Å². The first-order chi connectivity index (χ1) is 9.61. The Kier molecular flexibility index (Phi) is 5.26. The van der Waals surface area contributed by atoms with Crippen molar-refractivity contribution in [2.24, 2.45) is 5.92 Å². The minimum atomic E-state index is -0.855. The van der Waals surface area contributed by atoms with Gasteiger partial charge in [-0.15, -0.1) is 0 Å². The molecule has 0 aromatic rings. The highest BCUT2D eigenvalue weighted by Gasteiger charge is 2.36. The van der Waals surface area contributed by atoms with Gasteiger partial charge >= 0.3 is 12.0 Å². The number of urea groups is 1. The number of hydrogen-bond donors (Lipinski definition) is 2. The van der Waals surface area contributed by atoms with E-state index in [9.17, 15) is 9.59 Å². The van der Waals surface area contributed by atoms with Crippen LogP contribution < -0.4 is 5.32 Å². The summed E-state index contributed by atoms with van der Waals surface area (Å²) < 4.78 is 0. The van der Waals surface area contributed by atoms with Crippen molar-refractivity contribution in [3.8, 4) is 0 Å². The van der Waals surface area contributed by atoms with Crippen LogP contribution in [0.2, 0.25) is 0 Å². The maximum absolute atomic E-state index is 12.4. The third kappa shape index (κ3) is 3.64. The zero-order valence-corrected chi connectivity index (χ0v) is 12.3. The van der Waals surface area contributed by atoms with Gasteiger partial charge in [0.15, 0.2) is 0 Å². The molecule has 2 rings (SSSR count). The molecular formula is C15H26N2O3. The second-order valence-corrected chi connectivity index (χ2v) is 6.10. The number of carbonyl (C=O) groups excluding carboxylic acids is 1. The number of rotatable bonds is 4. The van der Waals surface area contributed by atoms with Gasteiger partial charge in [0.05, 0.1) is 6.42 Å².